The van der Waals surface area contributed by atoms with E-state index in [4.69, 9.17) is 5.73 Å². The SMILES string of the molecule is COC(=O)COC(=O)c1sccc1N. The molecule has 0 fully saturated rings. The maximum absolute atomic E-state index is 11.2. The Hall–Kier alpha value is -1.56. The highest BCUT2D eigenvalue weighted by Gasteiger charge is 2.14. The topological polar surface area (TPSA) is 78.6 Å². The van der Waals surface area contributed by atoms with Crippen LogP contribution >= 0.6 is 11.3 Å². The number of thiophene rings is 1. The summed E-state index contributed by atoms with van der Waals surface area (Å²) in [7, 11) is 1.22. The van der Waals surface area contributed by atoms with Crippen LogP contribution in [0.1, 0.15) is 9.67 Å². The van der Waals surface area contributed by atoms with Crippen molar-refractivity contribution in [3.8, 4) is 0 Å². The van der Waals surface area contributed by atoms with Crippen LogP contribution in [0.5, 0.6) is 0 Å². The van der Waals surface area contributed by atoms with Crippen LogP contribution in [0.15, 0.2) is 11.4 Å². The summed E-state index contributed by atoms with van der Waals surface area (Å²) in [4.78, 5) is 22.2. The molecule has 0 aliphatic heterocycles. The van der Waals surface area contributed by atoms with Crippen LogP contribution < -0.4 is 5.73 Å². The van der Waals surface area contributed by atoms with Crippen molar-refractivity contribution in [2.75, 3.05) is 19.5 Å². The summed E-state index contributed by atoms with van der Waals surface area (Å²) in [5, 5.41) is 1.67. The number of nitrogens with two attached hydrogens (primary N) is 1. The number of methoxy groups -OCH3 is 1. The summed E-state index contributed by atoms with van der Waals surface area (Å²) in [5.74, 6) is -1.21. The highest BCUT2D eigenvalue weighted by molar-refractivity contribution is 7.12. The third-order valence-electron chi connectivity index (χ3n) is 1.43. The summed E-state index contributed by atoms with van der Waals surface area (Å²) in [6, 6.07) is 1.60. The minimum atomic E-state index is -0.608. The Bertz CT molecular complexity index is 347. The van der Waals surface area contributed by atoms with Crippen molar-refractivity contribution in [1.82, 2.24) is 0 Å². The van der Waals surface area contributed by atoms with Crippen LogP contribution in [-0.2, 0) is 14.3 Å². The summed E-state index contributed by atoms with van der Waals surface area (Å²) in [5.41, 5.74) is 5.83. The minimum absolute atomic E-state index is 0.300. The first-order chi connectivity index (χ1) is 6.65. The average Bonchev–Trinajstić information content (AvgIpc) is 2.60. The number of hydrogen-bond acceptors (Lipinski definition) is 6. The lowest BCUT2D eigenvalue weighted by atomic mass is 10.4. The molecule has 0 unspecified atom stereocenters. The first kappa shape index (κ1) is 10.5. The predicted molar refractivity (Wildman–Crippen MR) is 51.0 cm³/mol. The van der Waals surface area contributed by atoms with E-state index in [1.54, 1.807) is 11.4 Å². The molecule has 1 heterocycles. The third kappa shape index (κ3) is 2.46. The average molecular weight is 215 g/mol. The van der Waals surface area contributed by atoms with Crippen molar-refractivity contribution in [3.05, 3.63) is 16.3 Å². The van der Waals surface area contributed by atoms with Gasteiger partial charge in [0.05, 0.1) is 12.8 Å². The van der Waals surface area contributed by atoms with Gasteiger partial charge in [-0.1, -0.05) is 0 Å². The van der Waals surface area contributed by atoms with E-state index in [2.05, 4.69) is 9.47 Å². The Morgan fingerprint density at radius 2 is 2.29 bits per heavy atom. The number of nitrogen functional groups attached to an aromatic ring is 1. The predicted octanol–water partition coefficient (Wildman–Crippen LogP) is 0.660. The van der Waals surface area contributed by atoms with Crippen molar-refractivity contribution < 1.29 is 19.1 Å². The molecule has 1 rings (SSSR count). The van der Waals surface area contributed by atoms with E-state index in [9.17, 15) is 9.59 Å². The van der Waals surface area contributed by atoms with Crippen molar-refractivity contribution in [2.45, 2.75) is 0 Å². The van der Waals surface area contributed by atoms with E-state index >= 15 is 0 Å². The monoisotopic (exact) mass is 215 g/mol. The van der Waals surface area contributed by atoms with Gasteiger partial charge < -0.3 is 15.2 Å². The first-order valence-corrected chi connectivity index (χ1v) is 4.60. The van der Waals surface area contributed by atoms with Gasteiger partial charge in [-0.2, -0.15) is 0 Å². The fourth-order valence-electron chi connectivity index (χ4n) is 0.734. The van der Waals surface area contributed by atoms with Crippen LogP contribution in [-0.4, -0.2) is 25.7 Å². The highest BCUT2D eigenvalue weighted by Crippen LogP contribution is 2.19. The van der Waals surface area contributed by atoms with E-state index < -0.39 is 18.5 Å². The van der Waals surface area contributed by atoms with Gasteiger partial charge in [-0.25, -0.2) is 9.59 Å². The number of carbonyl (C=O) groups excluding carboxylic acids is 2. The maximum Gasteiger partial charge on any atom is 0.351 e. The fraction of sp³-hybridized carbons (Fsp3) is 0.250. The van der Waals surface area contributed by atoms with E-state index in [0.29, 0.717) is 10.6 Å². The third-order valence-corrected chi connectivity index (χ3v) is 2.34. The van der Waals surface area contributed by atoms with Crippen molar-refractivity contribution in [2.24, 2.45) is 0 Å². The van der Waals surface area contributed by atoms with Gasteiger partial charge >= 0.3 is 11.9 Å². The first-order valence-electron chi connectivity index (χ1n) is 3.72. The summed E-state index contributed by atoms with van der Waals surface area (Å²) in [6.07, 6.45) is 0. The van der Waals surface area contributed by atoms with Gasteiger partial charge in [-0.15, -0.1) is 11.3 Å². The molecule has 6 heteroatoms. The molecule has 0 atom stereocenters. The molecule has 5 nitrogen and oxygen atoms in total. The quantitative estimate of drug-likeness (QED) is 0.749. The second kappa shape index (κ2) is 4.61. The normalized spacial score (nSPS) is 9.50. The van der Waals surface area contributed by atoms with Crippen LogP contribution in [0.25, 0.3) is 0 Å². The van der Waals surface area contributed by atoms with Crippen molar-refractivity contribution >= 4 is 29.0 Å². The number of anilines is 1. The molecule has 1 aromatic heterocycles. The Morgan fingerprint density at radius 1 is 1.57 bits per heavy atom. The van der Waals surface area contributed by atoms with Gasteiger partial charge in [0.25, 0.3) is 0 Å². The second-order valence-electron chi connectivity index (χ2n) is 2.36. The molecule has 0 spiro atoms. The zero-order chi connectivity index (χ0) is 10.6. The van der Waals surface area contributed by atoms with E-state index in [-0.39, 0.29) is 0 Å². The van der Waals surface area contributed by atoms with E-state index in [1.165, 1.54) is 18.4 Å². The lowest BCUT2D eigenvalue weighted by Gasteiger charge is -2.01. The van der Waals surface area contributed by atoms with E-state index in [0.717, 1.165) is 0 Å². The molecule has 0 amide bonds. The van der Waals surface area contributed by atoms with Crippen molar-refractivity contribution in [1.29, 1.82) is 0 Å². The van der Waals surface area contributed by atoms with Crippen LogP contribution in [0.2, 0.25) is 0 Å². The van der Waals surface area contributed by atoms with Crippen molar-refractivity contribution in [3.63, 3.8) is 0 Å². The molecule has 0 saturated carbocycles. The Labute approximate surface area is 84.4 Å². The molecule has 0 saturated heterocycles. The number of rotatable bonds is 3. The molecule has 76 valence electrons. The fourth-order valence-corrected chi connectivity index (χ4v) is 1.44. The van der Waals surface area contributed by atoms with Gasteiger partial charge in [0.1, 0.15) is 4.88 Å². The Balaban J connectivity index is 2.52. The van der Waals surface area contributed by atoms with E-state index in [1.807, 2.05) is 0 Å². The van der Waals surface area contributed by atoms with Crippen LogP contribution in [0.3, 0.4) is 0 Å². The molecule has 0 bridgehead atoms. The summed E-state index contributed by atoms with van der Waals surface area (Å²) < 4.78 is 8.94. The molecule has 0 radical (unpaired) electrons. The molecule has 1 aromatic rings. The van der Waals surface area contributed by atoms with Gasteiger partial charge in [0.15, 0.2) is 6.61 Å². The highest BCUT2D eigenvalue weighted by atomic mass is 32.1. The Morgan fingerprint density at radius 3 is 2.79 bits per heavy atom. The standard InChI is InChI=1S/C8H9NO4S/c1-12-6(10)4-13-8(11)7-5(9)2-3-14-7/h2-3H,4,9H2,1H3. The van der Waals surface area contributed by atoms with Crippen LogP contribution in [0.4, 0.5) is 5.69 Å². The second-order valence-corrected chi connectivity index (χ2v) is 3.27. The molecular weight excluding hydrogens is 206 g/mol. The van der Waals surface area contributed by atoms with Gasteiger partial charge in [-0.05, 0) is 11.4 Å². The largest absolute Gasteiger partial charge is 0.466 e. The van der Waals surface area contributed by atoms with Gasteiger partial charge in [0, 0.05) is 0 Å². The Kier molecular flexibility index (Phi) is 3.47. The number of ether oxygens (including phenoxy) is 2. The zero-order valence-corrected chi connectivity index (χ0v) is 8.30. The smallest absolute Gasteiger partial charge is 0.351 e. The minimum Gasteiger partial charge on any atom is -0.466 e. The number of carbonyl (C=O) groups is 2. The van der Waals surface area contributed by atoms with Gasteiger partial charge in [-0.3, -0.25) is 0 Å². The lowest BCUT2D eigenvalue weighted by Crippen LogP contribution is -2.15. The zero-order valence-electron chi connectivity index (χ0n) is 7.48. The number of hydrogen-bond donors (Lipinski definition) is 1. The molecule has 2 N–H and O–H groups in total. The maximum atomic E-state index is 11.2. The molecule has 0 aliphatic carbocycles. The summed E-state index contributed by atoms with van der Waals surface area (Å²) >= 11 is 1.17. The lowest BCUT2D eigenvalue weighted by molar-refractivity contribution is -0.144. The molecule has 14 heavy (non-hydrogen) atoms. The number of esters is 2. The summed E-state index contributed by atoms with van der Waals surface area (Å²) in [6.45, 7) is -0.396. The van der Waals surface area contributed by atoms with Crippen LogP contribution in [0, 0.1) is 0 Å². The molecule has 0 aromatic carbocycles. The molecular formula is C8H9NO4S. The molecule has 0 aliphatic rings. The van der Waals surface area contributed by atoms with Gasteiger partial charge in [0.2, 0.25) is 0 Å².